The molecule has 9 heteroatoms. The maximum absolute atomic E-state index is 11.0. The van der Waals surface area contributed by atoms with E-state index in [0.717, 1.165) is 22.5 Å². The molecular weight excluding hydrogens is 400 g/mol. The number of aromatic nitrogens is 3. The Morgan fingerprint density at radius 1 is 1.32 bits per heavy atom. The number of aryl methyl sites for hydroxylation is 2. The van der Waals surface area contributed by atoms with Crippen LogP contribution in [0.15, 0.2) is 40.4 Å². The quantitative estimate of drug-likeness (QED) is 0.478. The Balaban J connectivity index is 2.09. The standard InChI is InChI=1S/C19H19ClN4O3S/c1-10-16(11(2)24-23-10)13-6-14(8-22-19(26)27)17(15(20)7-13)28-18-12(9-25)4-3-5-21-18/h3-7,22,25H,8-9H2,1-2H3,(H,23,24)(H,26,27). The Bertz CT molecular complexity index is 1000. The van der Waals surface area contributed by atoms with Gasteiger partial charge in [0.25, 0.3) is 0 Å². The molecule has 7 nitrogen and oxygen atoms in total. The number of aromatic amines is 1. The van der Waals surface area contributed by atoms with Gasteiger partial charge in [0.2, 0.25) is 0 Å². The lowest BCUT2D eigenvalue weighted by Gasteiger charge is -2.15. The molecule has 0 unspecified atom stereocenters. The van der Waals surface area contributed by atoms with Crippen LogP contribution in [0, 0.1) is 13.8 Å². The molecule has 28 heavy (non-hydrogen) atoms. The van der Waals surface area contributed by atoms with Crippen molar-refractivity contribution in [2.45, 2.75) is 36.9 Å². The Labute approximate surface area is 171 Å². The summed E-state index contributed by atoms with van der Waals surface area (Å²) >= 11 is 7.90. The second-order valence-corrected chi connectivity index (χ2v) is 7.55. The number of H-pyrrole nitrogens is 1. The number of benzene rings is 1. The first-order chi connectivity index (χ1) is 13.4. The molecule has 0 radical (unpaired) electrons. The highest BCUT2D eigenvalue weighted by Gasteiger charge is 2.18. The smallest absolute Gasteiger partial charge is 0.404 e. The molecule has 2 aromatic heterocycles. The Morgan fingerprint density at radius 3 is 2.75 bits per heavy atom. The molecule has 0 aliphatic heterocycles. The minimum atomic E-state index is -1.12. The predicted molar refractivity (Wildman–Crippen MR) is 108 cm³/mol. The third-order valence-electron chi connectivity index (χ3n) is 4.19. The van der Waals surface area contributed by atoms with Gasteiger partial charge in [0.1, 0.15) is 5.03 Å². The molecule has 0 fully saturated rings. The van der Waals surface area contributed by atoms with Crippen LogP contribution < -0.4 is 5.32 Å². The van der Waals surface area contributed by atoms with Gasteiger partial charge >= 0.3 is 6.09 Å². The molecule has 3 aromatic rings. The number of carboxylic acid groups (broad SMARTS) is 1. The summed E-state index contributed by atoms with van der Waals surface area (Å²) in [5, 5.41) is 29.2. The molecule has 146 valence electrons. The van der Waals surface area contributed by atoms with Crippen LogP contribution in [-0.4, -0.2) is 31.5 Å². The molecule has 0 spiro atoms. The number of rotatable bonds is 6. The molecular formula is C19H19ClN4O3S. The van der Waals surface area contributed by atoms with E-state index in [1.165, 1.54) is 11.8 Å². The number of halogens is 1. The summed E-state index contributed by atoms with van der Waals surface area (Å²) in [6.07, 6.45) is 0.513. The van der Waals surface area contributed by atoms with Crippen LogP contribution in [0.1, 0.15) is 22.5 Å². The second kappa shape index (κ2) is 8.64. The summed E-state index contributed by atoms with van der Waals surface area (Å²) in [6.45, 7) is 3.75. The van der Waals surface area contributed by atoms with Crippen molar-refractivity contribution in [2.24, 2.45) is 0 Å². The van der Waals surface area contributed by atoms with E-state index < -0.39 is 6.09 Å². The molecule has 3 rings (SSSR count). The predicted octanol–water partition coefficient (Wildman–Crippen LogP) is 4.15. The van der Waals surface area contributed by atoms with Crippen LogP contribution in [0.5, 0.6) is 0 Å². The van der Waals surface area contributed by atoms with Crippen molar-refractivity contribution in [1.29, 1.82) is 0 Å². The number of nitrogens with zero attached hydrogens (tertiary/aromatic N) is 2. The molecule has 4 N–H and O–H groups in total. The first-order valence-corrected chi connectivity index (χ1v) is 9.64. The summed E-state index contributed by atoms with van der Waals surface area (Å²) in [4.78, 5) is 16.0. The molecule has 0 saturated heterocycles. The van der Waals surface area contributed by atoms with Crippen LogP contribution in [0.2, 0.25) is 5.02 Å². The van der Waals surface area contributed by atoms with E-state index in [1.54, 1.807) is 18.3 Å². The highest BCUT2D eigenvalue weighted by atomic mass is 35.5. The fourth-order valence-electron chi connectivity index (χ4n) is 2.92. The SMILES string of the molecule is Cc1n[nH]c(C)c1-c1cc(Cl)c(Sc2ncccc2CO)c(CNC(=O)O)c1. The van der Waals surface area contributed by atoms with Crippen LogP contribution in [-0.2, 0) is 13.2 Å². The van der Waals surface area contributed by atoms with Gasteiger partial charge in [0, 0.05) is 34.5 Å². The van der Waals surface area contributed by atoms with Crippen molar-refractivity contribution < 1.29 is 15.0 Å². The lowest BCUT2D eigenvalue weighted by molar-refractivity contribution is 0.194. The zero-order valence-electron chi connectivity index (χ0n) is 15.3. The minimum absolute atomic E-state index is 0.0858. The van der Waals surface area contributed by atoms with Crippen LogP contribution in [0.3, 0.4) is 0 Å². The molecule has 0 bridgehead atoms. The largest absolute Gasteiger partial charge is 0.465 e. The Morgan fingerprint density at radius 2 is 2.11 bits per heavy atom. The fraction of sp³-hybridized carbons (Fsp3) is 0.211. The van der Waals surface area contributed by atoms with Crippen molar-refractivity contribution in [1.82, 2.24) is 20.5 Å². The number of amides is 1. The van der Waals surface area contributed by atoms with Crippen LogP contribution in [0.4, 0.5) is 4.79 Å². The summed E-state index contributed by atoms with van der Waals surface area (Å²) in [5.41, 5.74) is 4.90. The fourth-order valence-corrected chi connectivity index (χ4v) is 4.26. The Kier molecular flexibility index (Phi) is 6.23. The zero-order valence-corrected chi connectivity index (χ0v) is 16.9. The summed E-state index contributed by atoms with van der Waals surface area (Å²) < 4.78 is 0. The summed E-state index contributed by atoms with van der Waals surface area (Å²) in [6, 6.07) is 7.26. The van der Waals surface area contributed by atoms with Gasteiger partial charge < -0.3 is 15.5 Å². The topological polar surface area (TPSA) is 111 Å². The second-order valence-electron chi connectivity index (χ2n) is 6.14. The Hall–Kier alpha value is -2.55. The lowest BCUT2D eigenvalue weighted by atomic mass is 10.0. The highest BCUT2D eigenvalue weighted by molar-refractivity contribution is 7.99. The van der Waals surface area contributed by atoms with Crippen molar-refractivity contribution in [3.05, 3.63) is 58.0 Å². The average Bonchev–Trinajstić information content (AvgIpc) is 3.00. The molecule has 0 aliphatic rings. The van der Waals surface area contributed by atoms with Crippen molar-refractivity contribution >= 4 is 29.5 Å². The highest BCUT2D eigenvalue weighted by Crippen LogP contribution is 2.40. The van der Waals surface area contributed by atoms with E-state index in [4.69, 9.17) is 16.7 Å². The maximum atomic E-state index is 11.0. The van der Waals surface area contributed by atoms with E-state index >= 15 is 0 Å². The minimum Gasteiger partial charge on any atom is -0.465 e. The first-order valence-electron chi connectivity index (χ1n) is 8.44. The van der Waals surface area contributed by atoms with Gasteiger partial charge in [-0.25, -0.2) is 9.78 Å². The molecule has 0 atom stereocenters. The van der Waals surface area contributed by atoms with Gasteiger partial charge in [0.05, 0.1) is 17.3 Å². The molecule has 0 saturated carbocycles. The van der Waals surface area contributed by atoms with Crippen molar-refractivity contribution in [3.63, 3.8) is 0 Å². The normalized spacial score (nSPS) is 10.9. The number of pyridine rings is 1. The van der Waals surface area contributed by atoms with Gasteiger partial charge in [0.15, 0.2) is 0 Å². The number of aliphatic hydroxyl groups is 1. The van der Waals surface area contributed by atoms with E-state index in [9.17, 15) is 9.90 Å². The molecule has 2 heterocycles. The van der Waals surface area contributed by atoms with Crippen molar-refractivity contribution in [2.75, 3.05) is 0 Å². The first kappa shape index (κ1) is 20.2. The van der Waals surface area contributed by atoms with Gasteiger partial charge in [-0.05, 0) is 43.2 Å². The van der Waals surface area contributed by atoms with Crippen LogP contribution in [0.25, 0.3) is 11.1 Å². The number of aliphatic hydroxyl groups excluding tert-OH is 1. The lowest BCUT2D eigenvalue weighted by Crippen LogP contribution is -2.20. The van der Waals surface area contributed by atoms with Gasteiger partial charge in [-0.2, -0.15) is 5.10 Å². The third kappa shape index (κ3) is 4.30. The van der Waals surface area contributed by atoms with Gasteiger partial charge in [-0.3, -0.25) is 5.10 Å². The monoisotopic (exact) mass is 418 g/mol. The number of hydrogen-bond acceptors (Lipinski definition) is 5. The van der Waals surface area contributed by atoms with Crippen LogP contribution >= 0.6 is 23.4 Å². The molecule has 1 amide bonds. The number of carbonyl (C=O) groups is 1. The van der Waals surface area contributed by atoms with E-state index in [2.05, 4.69) is 20.5 Å². The zero-order chi connectivity index (χ0) is 20.3. The van der Waals surface area contributed by atoms with E-state index in [1.807, 2.05) is 26.0 Å². The maximum Gasteiger partial charge on any atom is 0.404 e. The number of hydrogen-bond donors (Lipinski definition) is 4. The number of nitrogens with one attached hydrogen (secondary N) is 2. The van der Waals surface area contributed by atoms with Gasteiger partial charge in [-0.15, -0.1) is 0 Å². The third-order valence-corrected chi connectivity index (χ3v) is 5.84. The summed E-state index contributed by atoms with van der Waals surface area (Å²) in [5.74, 6) is 0. The average molecular weight is 419 g/mol. The molecule has 1 aromatic carbocycles. The van der Waals surface area contributed by atoms with E-state index in [0.29, 0.717) is 26.1 Å². The van der Waals surface area contributed by atoms with E-state index in [-0.39, 0.29) is 13.2 Å². The summed E-state index contributed by atoms with van der Waals surface area (Å²) in [7, 11) is 0. The molecule has 0 aliphatic carbocycles. The van der Waals surface area contributed by atoms with Crippen molar-refractivity contribution in [3.8, 4) is 11.1 Å². The van der Waals surface area contributed by atoms with Gasteiger partial charge in [-0.1, -0.05) is 29.4 Å².